The Morgan fingerprint density at radius 3 is 2.37 bits per heavy atom. The molecule has 10 nitrogen and oxygen atoms in total. The number of nitrogens with one attached hydrogen (secondary N) is 1. The molecule has 0 aromatic heterocycles. The summed E-state index contributed by atoms with van der Waals surface area (Å²) in [6.07, 6.45) is 1.97. The molecule has 2 amide bonds. The van der Waals surface area contributed by atoms with Crippen LogP contribution in [0.15, 0.2) is 48.5 Å². The van der Waals surface area contributed by atoms with Crippen LogP contribution in [0, 0.1) is 17.0 Å². The van der Waals surface area contributed by atoms with Gasteiger partial charge < -0.3 is 10.2 Å². The predicted molar refractivity (Wildman–Crippen MR) is 134 cm³/mol. The molecule has 35 heavy (non-hydrogen) atoms. The Bertz CT molecular complexity index is 1170. The zero-order valence-corrected chi connectivity index (χ0v) is 21.2. The number of anilines is 1. The molecule has 0 heterocycles. The summed E-state index contributed by atoms with van der Waals surface area (Å²) in [5.74, 6) is -0.916. The van der Waals surface area contributed by atoms with Crippen molar-refractivity contribution in [2.75, 3.05) is 23.7 Å². The Morgan fingerprint density at radius 1 is 1.11 bits per heavy atom. The first-order chi connectivity index (χ1) is 16.5. The van der Waals surface area contributed by atoms with Crippen LogP contribution in [0.1, 0.15) is 37.8 Å². The Kier molecular flexibility index (Phi) is 9.76. The highest BCUT2D eigenvalue weighted by atomic mass is 32.2. The number of rotatable bonds is 12. The monoisotopic (exact) mass is 504 g/mol. The molecule has 2 aromatic carbocycles. The number of hydrogen-bond donors (Lipinski definition) is 1. The zero-order chi connectivity index (χ0) is 26.2. The molecule has 0 radical (unpaired) electrons. The summed E-state index contributed by atoms with van der Waals surface area (Å²) in [6, 6.07) is 11.7. The van der Waals surface area contributed by atoms with E-state index in [-0.39, 0.29) is 23.8 Å². The van der Waals surface area contributed by atoms with Gasteiger partial charge in [0.25, 0.3) is 5.69 Å². The van der Waals surface area contributed by atoms with Gasteiger partial charge in [-0.2, -0.15) is 0 Å². The lowest BCUT2D eigenvalue weighted by molar-refractivity contribution is -0.384. The minimum Gasteiger partial charge on any atom is -0.354 e. The van der Waals surface area contributed by atoms with Crippen molar-refractivity contribution < 1.29 is 22.9 Å². The van der Waals surface area contributed by atoms with Crippen LogP contribution in [0.4, 0.5) is 11.4 Å². The van der Waals surface area contributed by atoms with Gasteiger partial charge in [-0.3, -0.25) is 24.0 Å². The first-order valence-electron chi connectivity index (χ1n) is 11.3. The third-order valence-corrected chi connectivity index (χ3v) is 6.69. The first-order valence-corrected chi connectivity index (χ1v) is 13.2. The van der Waals surface area contributed by atoms with Gasteiger partial charge >= 0.3 is 0 Å². The number of nitro benzene ring substituents is 1. The van der Waals surface area contributed by atoms with E-state index in [2.05, 4.69) is 5.32 Å². The largest absolute Gasteiger partial charge is 0.354 e. The number of carbonyl (C=O) groups excluding carboxylic acids is 2. The second kappa shape index (κ2) is 12.3. The van der Waals surface area contributed by atoms with Gasteiger partial charge in [0, 0.05) is 25.2 Å². The number of nitro groups is 1. The SMILES string of the molecule is CCCNC(=O)C(CC)N(Cc1ccccc1C)C(=O)CN(c1cccc([N+](=O)[O-])c1)S(C)(=O)=O. The van der Waals surface area contributed by atoms with Crippen LogP contribution in [-0.4, -0.2) is 55.4 Å². The van der Waals surface area contributed by atoms with E-state index in [1.165, 1.54) is 23.1 Å². The van der Waals surface area contributed by atoms with Crippen LogP contribution < -0.4 is 9.62 Å². The van der Waals surface area contributed by atoms with Crippen molar-refractivity contribution in [1.82, 2.24) is 10.2 Å². The van der Waals surface area contributed by atoms with Crippen LogP contribution in [0.2, 0.25) is 0 Å². The molecule has 2 aromatic rings. The maximum atomic E-state index is 13.6. The van der Waals surface area contributed by atoms with E-state index in [0.717, 1.165) is 34.2 Å². The van der Waals surface area contributed by atoms with Gasteiger partial charge in [0.05, 0.1) is 16.9 Å². The molecule has 0 saturated carbocycles. The maximum absolute atomic E-state index is 13.6. The number of amides is 2. The van der Waals surface area contributed by atoms with Gasteiger partial charge in [-0.25, -0.2) is 8.42 Å². The molecule has 11 heteroatoms. The van der Waals surface area contributed by atoms with Gasteiger partial charge in [0.15, 0.2) is 0 Å². The van der Waals surface area contributed by atoms with Crippen molar-refractivity contribution in [3.63, 3.8) is 0 Å². The summed E-state index contributed by atoms with van der Waals surface area (Å²) >= 11 is 0. The van der Waals surface area contributed by atoms with E-state index in [0.29, 0.717) is 13.0 Å². The summed E-state index contributed by atoms with van der Waals surface area (Å²) in [4.78, 5) is 38.4. The summed E-state index contributed by atoms with van der Waals surface area (Å²) in [5, 5.41) is 14.0. The van der Waals surface area contributed by atoms with Crippen LogP contribution >= 0.6 is 0 Å². The molecule has 0 saturated heterocycles. The number of hydrogen-bond acceptors (Lipinski definition) is 6. The Hall–Kier alpha value is -3.47. The topological polar surface area (TPSA) is 130 Å². The average molecular weight is 505 g/mol. The van der Waals surface area contributed by atoms with Crippen molar-refractivity contribution in [3.05, 3.63) is 69.8 Å². The fraction of sp³-hybridized carbons (Fsp3) is 0.417. The summed E-state index contributed by atoms with van der Waals surface area (Å²) in [6.45, 7) is 5.54. The standard InChI is InChI=1S/C24H32N4O6S/c1-5-14-25-24(30)22(6-2)26(16-19-11-8-7-10-18(19)3)23(29)17-27(35(4,33)34)20-12-9-13-21(15-20)28(31)32/h7-13,15,22H,5-6,14,16-17H2,1-4H3,(H,25,30). The van der Waals surface area contributed by atoms with E-state index in [1.807, 2.05) is 38.1 Å². The fourth-order valence-electron chi connectivity index (χ4n) is 3.63. The summed E-state index contributed by atoms with van der Waals surface area (Å²) in [7, 11) is -3.97. The quantitative estimate of drug-likeness (QED) is 0.349. The van der Waals surface area contributed by atoms with Crippen molar-refractivity contribution in [1.29, 1.82) is 0 Å². The van der Waals surface area contributed by atoms with Crippen molar-refractivity contribution in [2.45, 2.75) is 46.2 Å². The molecule has 0 fully saturated rings. The number of benzene rings is 2. The molecule has 0 aliphatic rings. The van der Waals surface area contributed by atoms with Crippen molar-refractivity contribution in [3.8, 4) is 0 Å². The van der Waals surface area contributed by atoms with Gasteiger partial charge in [-0.15, -0.1) is 0 Å². The maximum Gasteiger partial charge on any atom is 0.271 e. The highest BCUT2D eigenvalue weighted by Gasteiger charge is 2.32. The lowest BCUT2D eigenvalue weighted by Crippen LogP contribution is -2.52. The van der Waals surface area contributed by atoms with E-state index in [1.54, 1.807) is 6.92 Å². The van der Waals surface area contributed by atoms with E-state index >= 15 is 0 Å². The van der Waals surface area contributed by atoms with Crippen LogP contribution in [0.5, 0.6) is 0 Å². The lowest BCUT2D eigenvalue weighted by atomic mass is 10.1. The Morgan fingerprint density at radius 2 is 1.80 bits per heavy atom. The molecular weight excluding hydrogens is 472 g/mol. The number of sulfonamides is 1. The molecule has 0 aliphatic carbocycles. The molecule has 0 aliphatic heterocycles. The molecule has 1 atom stereocenters. The van der Waals surface area contributed by atoms with Gasteiger partial charge in [0.1, 0.15) is 12.6 Å². The van der Waals surface area contributed by atoms with Crippen LogP contribution in [0.3, 0.4) is 0 Å². The van der Waals surface area contributed by atoms with Gasteiger partial charge in [0.2, 0.25) is 21.8 Å². The summed E-state index contributed by atoms with van der Waals surface area (Å²) in [5.41, 5.74) is 1.44. The van der Waals surface area contributed by atoms with Crippen LogP contribution in [-0.2, 0) is 26.2 Å². The minimum atomic E-state index is -3.97. The highest BCUT2D eigenvalue weighted by molar-refractivity contribution is 7.92. The van der Waals surface area contributed by atoms with Gasteiger partial charge in [-0.05, 0) is 37.0 Å². The van der Waals surface area contributed by atoms with Crippen LogP contribution in [0.25, 0.3) is 0 Å². The third kappa shape index (κ3) is 7.51. The summed E-state index contributed by atoms with van der Waals surface area (Å²) < 4.78 is 26.0. The molecule has 1 unspecified atom stereocenters. The first kappa shape index (κ1) is 27.8. The highest BCUT2D eigenvalue weighted by Crippen LogP contribution is 2.24. The lowest BCUT2D eigenvalue weighted by Gasteiger charge is -2.33. The fourth-order valence-corrected chi connectivity index (χ4v) is 4.47. The second-order valence-electron chi connectivity index (χ2n) is 8.21. The Labute approximate surface area is 206 Å². The molecule has 0 spiro atoms. The third-order valence-electron chi connectivity index (χ3n) is 5.54. The number of nitrogens with zero attached hydrogens (tertiary/aromatic N) is 3. The zero-order valence-electron chi connectivity index (χ0n) is 20.4. The molecule has 2 rings (SSSR count). The Balaban J connectivity index is 2.47. The minimum absolute atomic E-state index is 0.00521. The van der Waals surface area contributed by atoms with E-state index in [4.69, 9.17) is 0 Å². The van der Waals surface area contributed by atoms with Crippen molar-refractivity contribution >= 4 is 33.2 Å². The number of non-ortho nitro benzene ring substituents is 1. The number of carbonyl (C=O) groups is 2. The van der Waals surface area contributed by atoms with E-state index < -0.39 is 33.4 Å². The van der Waals surface area contributed by atoms with Gasteiger partial charge in [-0.1, -0.05) is 44.2 Å². The normalized spacial score (nSPS) is 12.0. The second-order valence-corrected chi connectivity index (χ2v) is 10.1. The molecular formula is C24H32N4O6S. The number of aryl methyl sites for hydroxylation is 1. The molecule has 190 valence electrons. The molecule has 0 bridgehead atoms. The smallest absolute Gasteiger partial charge is 0.271 e. The molecule has 1 N–H and O–H groups in total. The average Bonchev–Trinajstić information content (AvgIpc) is 2.81. The predicted octanol–water partition coefficient (Wildman–Crippen LogP) is 3.00. The van der Waals surface area contributed by atoms with Crippen molar-refractivity contribution in [2.24, 2.45) is 0 Å². The van der Waals surface area contributed by atoms with E-state index in [9.17, 15) is 28.1 Å².